The Hall–Kier alpha value is -2.85. The summed E-state index contributed by atoms with van der Waals surface area (Å²) in [7, 11) is 6.92. The first-order valence-corrected chi connectivity index (χ1v) is 12.7. The van der Waals surface area contributed by atoms with Crippen LogP contribution >= 0.6 is 0 Å². The monoisotopic (exact) mass is 585 g/mol. The lowest BCUT2D eigenvalue weighted by Crippen LogP contribution is -2.60. The fourth-order valence-corrected chi connectivity index (χ4v) is 4.71. The maximum absolute atomic E-state index is 13.2. The molecule has 230 valence electrons. The van der Waals surface area contributed by atoms with Crippen molar-refractivity contribution >= 4 is 11.9 Å². The van der Waals surface area contributed by atoms with E-state index in [9.17, 15) is 15.1 Å². The summed E-state index contributed by atoms with van der Waals surface area (Å²) in [6, 6.07) is 7.51. The Kier molecular flexibility index (Phi) is 15.5. The molecule has 0 N–H and O–H groups in total. The van der Waals surface area contributed by atoms with Crippen LogP contribution in [-0.4, -0.2) is 111 Å². The van der Waals surface area contributed by atoms with Crippen LogP contribution in [0.1, 0.15) is 23.2 Å². The van der Waals surface area contributed by atoms with Gasteiger partial charge in [-0.15, -0.1) is 0 Å². The first-order chi connectivity index (χ1) is 19.9. The lowest BCUT2D eigenvalue weighted by molar-refractivity contribution is -0.233. The lowest BCUT2D eigenvalue weighted by atomic mass is 9.70. The zero-order valence-electron chi connectivity index (χ0n) is 24.0. The summed E-state index contributed by atoms with van der Waals surface area (Å²) in [4.78, 5) is 29.0. The van der Waals surface area contributed by atoms with Gasteiger partial charge < -0.3 is 47.4 Å². The molecule has 0 saturated heterocycles. The van der Waals surface area contributed by atoms with Gasteiger partial charge >= 0.3 is 11.9 Å². The highest BCUT2D eigenvalue weighted by molar-refractivity contribution is 5.89. The highest BCUT2D eigenvalue weighted by atomic mass is 16.7. The Labute approximate surface area is 238 Å². The molecule has 1 aliphatic carbocycles. The SMILES string of the molecule is COCO[C@@H]1C[C@](OCOC)(C(=O)OC)CC([C@H](OCOC)[C@@H](COC(=O)c2ccccc2)OCOC)[C@@H]1N=[N+]=[N-]. The molecule has 0 heterocycles. The number of nitrogens with zero attached hydrogens (tertiary/aromatic N) is 3. The van der Waals surface area contributed by atoms with Gasteiger partial charge in [-0.1, -0.05) is 23.3 Å². The summed E-state index contributed by atoms with van der Waals surface area (Å²) >= 11 is 0. The number of hydrogen-bond acceptors (Lipinski definition) is 13. The van der Waals surface area contributed by atoms with Crippen LogP contribution in [-0.2, 0) is 52.2 Å². The Morgan fingerprint density at radius 2 is 1.61 bits per heavy atom. The molecule has 0 aliphatic heterocycles. The number of carbonyl (C=O) groups is 2. The van der Waals surface area contributed by atoms with Crippen molar-refractivity contribution in [2.75, 3.05) is 69.3 Å². The average molecular weight is 586 g/mol. The van der Waals surface area contributed by atoms with E-state index < -0.39 is 47.8 Å². The molecule has 2 rings (SSSR count). The third kappa shape index (κ3) is 9.88. The number of ether oxygens (including phenoxy) is 10. The first kappa shape index (κ1) is 34.4. The van der Waals surface area contributed by atoms with Crippen molar-refractivity contribution in [2.24, 2.45) is 11.0 Å². The third-order valence-corrected chi connectivity index (χ3v) is 6.47. The zero-order valence-corrected chi connectivity index (χ0v) is 24.0. The molecule has 15 nitrogen and oxygen atoms in total. The quantitative estimate of drug-likeness (QED) is 0.0763. The highest BCUT2D eigenvalue weighted by Crippen LogP contribution is 2.43. The van der Waals surface area contributed by atoms with Gasteiger partial charge in [0.05, 0.1) is 30.9 Å². The molecule has 1 saturated carbocycles. The predicted molar refractivity (Wildman–Crippen MR) is 140 cm³/mol. The molecule has 1 fully saturated rings. The highest BCUT2D eigenvalue weighted by Gasteiger charge is 2.56. The molecular formula is C26H39N3O12. The molecule has 0 aromatic heterocycles. The molecule has 0 amide bonds. The van der Waals surface area contributed by atoms with Gasteiger partial charge in [-0.05, 0) is 24.1 Å². The van der Waals surface area contributed by atoms with Crippen LogP contribution in [0.2, 0.25) is 0 Å². The van der Waals surface area contributed by atoms with Crippen LogP contribution in [0.5, 0.6) is 0 Å². The van der Waals surface area contributed by atoms with Crippen LogP contribution in [0.3, 0.4) is 0 Å². The van der Waals surface area contributed by atoms with Crippen molar-refractivity contribution in [3.8, 4) is 0 Å². The second-order valence-electron chi connectivity index (χ2n) is 9.03. The Balaban J connectivity index is 2.55. The maximum Gasteiger partial charge on any atom is 0.338 e. The van der Waals surface area contributed by atoms with Gasteiger partial charge in [-0.3, -0.25) is 0 Å². The molecule has 1 aliphatic rings. The second kappa shape index (κ2) is 18.6. The number of methoxy groups -OCH3 is 5. The van der Waals surface area contributed by atoms with Crippen LogP contribution < -0.4 is 0 Å². The Bertz CT molecular complexity index is 964. The van der Waals surface area contributed by atoms with Crippen LogP contribution in [0, 0.1) is 5.92 Å². The van der Waals surface area contributed by atoms with E-state index in [1.165, 1.54) is 35.5 Å². The normalized spacial score (nSPS) is 23.7. The number of rotatable bonds is 19. The molecule has 15 heteroatoms. The fourth-order valence-electron chi connectivity index (χ4n) is 4.71. The van der Waals surface area contributed by atoms with Crippen LogP contribution in [0.25, 0.3) is 10.4 Å². The molecule has 0 bridgehead atoms. The summed E-state index contributed by atoms with van der Waals surface area (Å²) in [6.07, 6.45) is -2.96. The van der Waals surface area contributed by atoms with E-state index in [0.29, 0.717) is 5.56 Å². The van der Waals surface area contributed by atoms with Gasteiger partial charge in [0.1, 0.15) is 39.9 Å². The number of carbonyl (C=O) groups excluding carboxylic acids is 2. The van der Waals surface area contributed by atoms with Crippen molar-refractivity contribution in [3.05, 3.63) is 46.3 Å². The standard InChI is InChI=1S/C26H39N3O12/c1-32-14-38-20-12-26(25(31)36-5,41-17-35-4)11-19(22(20)28-29-27)23(40-16-34-3)21(39-15-33-2)13-37-24(30)18-9-7-6-8-10-18/h6-10,19-23H,11-17H2,1-5H3/t19?,20-,21-,22+,23+,26+/m1/s1. The maximum atomic E-state index is 13.2. The second-order valence-corrected chi connectivity index (χ2v) is 9.03. The van der Waals surface area contributed by atoms with E-state index in [1.807, 2.05) is 0 Å². The van der Waals surface area contributed by atoms with Crippen molar-refractivity contribution < 1.29 is 57.0 Å². The van der Waals surface area contributed by atoms with Crippen molar-refractivity contribution in [1.29, 1.82) is 0 Å². The van der Waals surface area contributed by atoms with Gasteiger partial charge in [-0.25, -0.2) is 9.59 Å². The van der Waals surface area contributed by atoms with E-state index in [4.69, 9.17) is 47.4 Å². The lowest BCUT2D eigenvalue weighted by Gasteiger charge is -2.48. The Morgan fingerprint density at radius 1 is 0.951 bits per heavy atom. The van der Waals surface area contributed by atoms with Crippen molar-refractivity contribution in [3.63, 3.8) is 0 Å². The minimum absolute atomic E-state index is 0.0455. The number of esters is 2. The van der Waals surface area contributed by atoms with Crippen LogP contribution in [0.15, 0.2) is 35.4 Å². The molecule has 0 spiro atoms. The van der Waals surface area contributed by atoms with Gasteiger partial charge in [0.2, 0.25) is 0 Å². The smallest absolute Gasteiger partial charge is 0.338 e. The van der Waals surface area contributed by atoms with Gasteiger partial charge in [0.25, 0.3) is 0 Å². The molecule has 1 aromatic rings. The topological polar surface area (TPSA) is 175 Å². The molecule has 1 unspecified atom stereocenters. The van der Waals surface area contributed by atoms with E-state index in [1.54, 1.807) is 30.3 Å². The number of hydrogen-bond donors (Lipinski definition) is 0. The third-order valence-electron chi connectivity index (χ3n) is 6.47. The fraction of sp³-hybridized carbons (Fsp3) is 0.692. The van der Waals surface area contributed by atoms with Crippen LogP contribution in [0.4, 0.5) is 0 Å². The minimum Gasteiger partial charge on any atom is -0.467 e. The molecule has 6 atom stereocenters. The Morgan fingerprint density at radius 3 is 2.22 bits per heavy atom. The predicted octanol–water partition coefficient (Wildman–Crippen LogP) is 2.43. The zero-order chi connectivity index (χ0) is 30.1. The van der Waals surface area contributed by atoms with E-state index >= 15 is 0 Å². The largest absolute Gasteiger partial charge is 0.467 e. The summed E-state index contributed by atoms with van der Waals surface area (Å²) in [5.74, 6) is -2.10. The summed E-state index contributed by atoms with van der Waals surface area (Å²) in [5, 5.41) is 4.01. The van der Waals surface area contributed by atoms with Gasteiger partial charge in [0.15, 0.2) is 5.60 Å². The number of azide groups is 1. The van der Waals surface area contributed by atoms with Gasteiger partial charge in [-0.2, -0.15) is 0 Å². The molecule has 1 aromatic carbocycles. The van der Waals surface area contributed by atoms with E-state index in [-0.39, 0.29) is 46.6 Å². The minimum atomic E-state index is -1.59. The molecular weight excluding hydrogens is 546 g/mol. The van der Waals surface area contributed by atoms with E-state index in [2.05, 4.69) is 10.0 Å². The summed E-state index contributed by atoms with van der Waals surface area (Å²) < 4.78 is 54.9. The summed E-state index contributed by atoms with van der Waals surface area (Å²) in [5.41, 5.74) is 8.24. The molecule has 0 radical (unpaired) electrons. The van der Waals surface area contributed by atoms with Crippen molar-refractivity contribution in [1.82, 2.24) is 0 Å². The number of benzene rings is 1. The first-order valence-electron chi connectivity index (χ1n) is 12.7. The van der Waals surface area contributed by atoms with E-state index in [0.717, 1.165) is 0 Å². The van der Waals surface area contributed by atoms with Gasteiger partial charge in [0, 0.05) is 45.7 Å². The summed E-state index contributed by atoms with van der Waals surface area (Å²) in [6.45, 7) is -1.09. The van der Waals surface area contributed by atoms with Crippen molar-refractivity contribution in [2.45, 2.75) is 42.8 Å². The average Bonchev–Trinajstić information content (AvgIpc) is 3.00. The molecule has 41 heavy (non-hydrogen) atoms.